The zero-order valence-corrected chi connectivity index (χ0v) is 17.5. The van der Waals surface area contributed by atoms with Crippen molar-refractivity contribution in [1.82, 2.24) is 5.32 Å². The third-order valence-corrected chi connectivity index (χ3v) is 5.43. The van der Waals surface area contributed by atoms with Gasteiger partial charge in [-0.25, -0.2) is 0 Å². The Morgan fingerprint density at radius 2 is 1.54 bits per heavy atom. The van der Waals surface area contributed by atoms with E-state index in [1.165, 1.54) is 5.56 Å². The van der Waals surface area contributed by atoms with Crippen LogP contribution in [0.2, 0.25) is 10.0 Å². The molecule has 2 nitrogen and oxygen atoms in total. The lowest BCUT2D eigenvalue weighted by Gasteiger charge is -2.20. The van der Waals surface area contributed by atoms with Gasteiger partial charge in [0.15, 0.2) is 0 Å². The molecule has 0 amide bonds. The minimum atomic E-state index is 0.317. The van der Waals surface area contributed by atoms with Crippen molar-refractivity contribution in [3.8, 4) is 5.75 Å². The predicted molar refractivity (Wildman–Crippen MR) is 118 cm³/mol. The van der Waals surface area contributed by atoms with Crippen molar-refractivity contribution in [3.05, 3.63) is 99.5 Å². The van der Waals surface area contributed by atoms with Crippen molar-refractivity contribution in [1.29, 1.82) is 0 Å². The van der Waals surface area contributed by atoms with Gasteiger partial charge in [-0.1, -0.05) is 91.1 Å². The summed E-state index contributed by atoms with van der Waals surface area (Å²) >= 11 is 12.5. The number of hydrogen-bond acceptors (Lipinski definition) is 2. The maximum atomic E-state index is 6.26. The lowest BCUT2D eigenvalue weighted by Crippen LogP contribution is -2.21. The number of nitrogens with one attached hydrogen (secondary N) is 1. The van der Waals surface area contributed by atoms with Gasteiger partial charge in [0.2, 0.25) is 0 Å². The molecule has 1 atom stereocenters. The maximum absolute atomic E-state index is 6.26. The van der Waals surface area contributed by atoms with E-state index in [0.717, 1.165) is 36.3 Å². The van der Waals surface area contributed by atoms with E-state index < -0.39 is 0 Å². The van der Waals surface area contributed by atoms with Crippen molar-refractivity contribution in [2.75, 3.05) is 0 Å². The first-order chi connectivity index (χ1) is 13.7. The molecule has 0 aliphatic heterocycles. The third-order valence-electron chi connectivity index (χ3n) is 4.72. The molecule has 0 aliphatic rings. The standard InChI is InChI=1S/C24H25Cl2NO/c1-2-9-23(18-10-4-3-5-11-18)27-16-19-12-6-7-15-24(19)28-17-20-21(25)13-8-14-22(20)26/h3-8,10-15,23,27H,2,9,16-17H2,1H3. The molecule has 3 aromatic carbocycles. The van der Waals surface area contributed by atoms with Crippen molar-refractivity contribution in [2.24, 2.45) is 0 Å². The van der Waals surface area contributed by atoms with Crippen LogP contribution in [0.4, 0.5) is 0 Å². The van der Waals surface area contributed by atoms with Gasteiger partial charge in [0.25, 0.3) is 0 Å². The highest BCUT2D eigenvalue weighted by Gasteiger charge is 2.12. The summed E-state index contributed by atoms with van der Waals surface area (Å²) in [4.78, 5) is 0. The molecule has 1 N–H and O–H groups in total. The fraction of sp³-hybridized carbons (Fsp3) is 0.250. The molecular formula is C24H25Cl2NO. The normalized spacial score (nSPS) is 12.0. The predicted octanol–water partition coefficient (Wildman–Crippen LogP) is 7.20. The van der Waals surface area contributed by atoms with E-state index in [2.05, 4.69) is 48.6 Å². The molecule has 0 radical (unpaired) electrons. The summed E-state index contributed by atoms with van der Waals surface area (Å²) < 4.78 is 6.07. The molecule has 3 aromatic rings. The first-order valence-electron chi connectivity index (χ1n) is 9.61. The van der Waals surface area contributed by atoms with Crippen LogP contribution in [0.25, 0.3) is 0 Å². The fourth-order valence-electron chi connectivity index (χ4n) is 3.20. The minimum absolute atomic E-state index is 0.317. The highest BCUT2D eigenvalue weighted by Crippen LogP contribution is 2.27. The largest absolute Gasteiger partial charge is 0.488 e. The van der Waals surface area contributed by atoms with Crippen LogP contribution in [0.5, 0.6) is 5.75 Å². The molecule has 0 saturated heterocycles. The number of halogens is 2. The van der Waals surface area contributed by atoms with Crippen LogP contribution in [0.15, 0.2) is 72.8 Å². The van der Waals surface area contributed by atoms with Gasteiger partial charge in [-0.2, -0.15) is 0 Å². The SMILES string of the molecule is CCCC(NCc1ccccc1OCc1c(Cl)cccc1Cl)c1ccccc1. The Labute approximate surface area is 177 Å². The molecule has 0 aromatic heterocycles. The van der Waals surface area contributed by atoms with Gasteiger partial charge in [0, 0.05) is 33.8 Å². The molecule has 4 heteroatoms. The molecule has 146 valence electrons. The first kappa shape index (κ1) is 20.7. The van der Waals surface area contributed by atoms with Crippen molar-refractivity contribution < 1.29 is 4.74 Å². The average Bonchev–Trinajstić information content (AvgIpc) is 2.72. The lowest BCUT2D eigenvalue weighted by atomic mass is 10.0. The second kappa shape index (κ2) is 10.5. The Balaban J connectivity index is 1.69. The minimum Gasteiger partial charge on any atom is -0.488 e. The molecule has 0 saturated carbocycles. The summed E-state index contributed by atoms with van der Waals surface area (Å²) in [7, 11) is 0. The second-order valence-electron chi connectivity index (χ2n) is 6.73. The van der Waals surface area contributed by atoms with Gasteiger partial charge in [0.05, 0.1) is 0 Å². The molecule has 0 heterocycles. The molecule has 0 spiro atoms. The van der Waals surface area contributed by atoms with Crippen LogP contribution in [0.3, 0.4) is 0 Å². The molecular weight excluding hydrogens is 389 g/mol. The van der Waals surface area contributed by atoms with E-state index >= 15 is 0 Å². The van der Waals surface area contributed by atoms with Crippen LogP contribution in [-0.2, 0) is 13.2 Å². The quantitative estimate of drug-likeness (QED) is 0.400. The van der Waals surface area contributed by atoms with Crippen LogP contribution in [0, 0.1) is 0 Å². The van der Waals surface area contributed by atoms with Gasteiger partial charge < -0.3 is 10.1 Å². The van der Waals surface area contributed by atoms with Crippen LogP contribution in [0.1, 0.15) is 42.5 Å². The highest BCUT2D eigenvalue weighted by molar-refractivity contribution is 6.35. The lowest BCUT2D eigenvalue weighted by molar-refractivity contribution is 0.301. The average molecular weight is 414 g/mol. The molecule has 0 bridgehead atoms. The van der Waals surface area contributed by atoms with E-state index in [-0.39, 0.29) is 0 Å². The summed E-state index contributed by atoms with van der Waals surface area (Å²) in [5, 5.41) is 4.92. The number of para-hydroxylation sites is 1. The first-order valence-corrected chi connectivity index (χ1v) is 10.4. The Kier molecular flexibility index (Phi) is 7.79. The number of benzene rings is 3. The van der Waals surface area contributed by atoms with E-state index in [0.29, 0.717) is 22.7 Å². The molecule has 3 rings (SSSR count). The van der Waals surface area contributed by atoms with Gasteiger partial charge >= 0.3 is 0 Å². The second-order valence-corrected chi connectivity index (χ2v) is 7.54. The molecule has 0 fully saturated rings. The van der Waals surface area contributed by atoms with Gasteiger partial charge in [-0.05, 0) is 30.2 Å². The van der Waals surface area contributed by atoms with Crippen molar-refractivity contribution >= 4 is 23.2 Å². The summed E-state index contributed by atoms with van der Waals surface area (Å²) in [6.45, 7) is 3.28. The Bertz CT molecular complexity index is 863. The molecule has 1 unspecified atom stereocenters. The van der Waals surface area contributed by atoms with E-state index in [1.807, 2.05) is 36.4 Å². The Morgan fingerprint density at radius 3 is 2.25 bits per heavy atom. The molecule has 0 aliphatic carbocycles. The van der Waals surface area contributed by atoms with Gasteiger partial charge in [-0.15, -0.1) is 0 Å². The van der Waals surface area contributed by atoms with Gasteiger partial charge in [0.1, 0.15) is 12.4 Å². The fourth-order valence-corrected chi connectivity index (χ4v) is 3.71. The summed E-state index contributed by atoms with van der Waals surface area (Å²) in [5.41, 5.74) is 3.23. The van der Waals surface area contributed by atoms with Crippen molar-refractivity contribution in [3.63, 3.8) is 0 Å². The maximum Gasteiger partial charge on any atom is 0.124 e. The van der Waals surface area contributed by atoms with E-state index in [1.54, 1.807) is 0 Å². The van der Waals surface area contributed by atoms with Crippen LogP contribution >= 0.6 is 23.2 Å². The number of hydrogen-bond donors (Lipinski definition) is 1. The smallest absolute Gasteiger partial charge is 0.124 e. The zero-order valence-electron chi connectivity index (χ0n) is 16.0. The molecule has 28 heavy (non-hydrogen) atoms. The van der Waals surface area contributed by atoms with E-state index in [9.17, 15) is 0 Å². The highest BCUT2D eigenvalue weighted by atomic mass is 35.5. The Morgan fingerprint density at radius 1 is 0.857 bits per heavy atom. The third kappa shape index (κ3) is 5.51. The van der Waals surface area contributed by atoms with E-state index in [4.69, 9.17) is 27.9 Å². The topological polar surface area (TPSA) is 21.3 Å². The van der Waals surface area contributed by atoms with Gasteiger partial charge in [-0.3, -0.25) is 0 Å². The van der Waals surface area contributed by atoms with Crippen LogP contribution < -0.4 is 10.1 Å². The number of ether oxygens (including phenoxy) is 1. The summed E-state index contributed by atoms with van der Waals surface area (Å²) in [6, 6.07) is 24.5. The van der Waals surface area contributed by atoms with Crippen LogP contribution in [-0.4, -0.2) is 0 Å². The van der Waals surface area contributed by atoms with Crippen molar-refractivity contribution in [2.45, 2.75) is 39.0 Å². The summed E-state index contributed by atoms with van der Waals surface area (Å²) in [6.07, 6.45) is 2.21. The monoisotopic (exact) mass is 413 g/mol. The zero-order chi connectivity index (χ0) is 19.8. The Hall–Kier alpha value is -2.00. The number of rotatable bonds is 9. The summed E-state index contributed by atoms with van der Waals surface area (Å²) in [5.74, 6) is 0.842.